The van der Waals surface area contributed by atoms with Crippen LogP contribution in [0.1, 0.15) is 16.6 Å². The summed E-state index contributed by atoms with van der Waals surface area (Å²) in [6, 6.07) is 3.75. The van der Waals surface area contributed by atoms with Crippen LogP contribution in [0.2, 0.25) is 0 Å². The lowest BCUT2D eigenvalue weighted by molar-refractivity contribution is -0.0998. The Morgan fingerprint density at radius 2 is 2.33 bits per heavy atom. The number of pyridine rings is 1. The maximum atomic E-state index is 11.9. The molecule has 2 heterocycles. The molecule has 0 aliphatic carbocycles. The minimum atomic E-state index is -0.190. The Hall–Kier alpha value is -1.79. The van der Waals surface area contributed by atoms with Crippen molar-refractivity contribution in [2.75, 3.05) is 13.7 Å². The van der Waals surface area contributed by atoms with Crippen LogP contribution in [0.4, 0.5) is 0 Å². The predicted octanol–water partition coefficient (Wildman–Crippen LogP) is 2.23. The summed E-state index contributed by atoms with van der Waals surface area (Å²) in [4.78, 5) is 25.9. The van der Waals surface area contributed by atoms with E-state index in [2.05, 4.69) is 9.97 Å². The van der Waals surface area contributed by atoms with E-state index in [4.69, 9.17) is 4.84 Å². The van der Waals surface area contributed by atoms with E-state index in [0.29, 0.717) is 11.5 Å². The molecule has 18 heavy (non-hydrogen) atoms. The van der Waals surface area contributed by atoms with Crippen LogP contribution >= 0.6 is 11.3 Å². The smallest absolute Gasteiger partial charge is 0.271 e. The van der Waals surface area contributed by atoms with Crippen molar-refractivity contribution in [2.45, 2.75) is 6.92 Å². The highest BCUT2D eigenvalue weighted by atomic mass is 32.1. The second-order valence-corrected chi connectivity index (χ2v) is 4.52. The molecule has 0 aliphatic heterocycles. The van der Waals surface area contributed by atoms with Crippen molar-refractivity contribution in [3.8, 4) is 10.6 Å². The first-order valence-corrected chi connectivity index (χ1v) is 6.31. The van der Waals surface area contributed by atoms with E-state index in [0.717, 1.165) is 10.6 Å². The van der Waals surface area contributed by atoms with Gasteiger partial charge >= 0.3 is 0 Å². The fraction of sp³-hybridized carbons (Fsp3) is 0.250. The molecule has 2 aromatic heterocycles. The average molecular weight is 263 g/mol. The van der Waals surface area contributed by atoms with Crippen molar-refractivity contribution in [3.05, 3.63) is 35.6 Å². The standard InChI is InChI=1S/C12H13N3O2S/c1-3-17-15(2)12(16)10-8-14-11(18-10)9-5-4-6-13-7-9/h4-8H,3H2,1-2H3. The zero-order valence-electron chi connectivity index (χ0n) is 10.2. The molecule has 94 valence electrons. The molecule has 0 fully saturated rings. The Morgan fingerprint density at radius 3 is 3.00 bits per heavy atom. The van der Waals surface area contributed by atoms with Crippen LogP contribution in [-0.4, -0.2) is 34.6 Å². The summed E-state index contributed by atoms with van der Waals surface area (Å²) in [5.74, 6) is -0.190. The van der Waals surface area contributed by atoms with Crippen LogP contribution < -0.4 is 0 Å². The van der Waals surface area contributed by atoms with E-state index in [1.807, 2.05) is 19.1 Å². The number of hydroxylamine groups is 2. The summed E-state index contributed by atoms with van der Waals surface area (Å²) < 4.78 is 0. The van der Waals surface area contributed by atoms with Gasteiger partial charge in [-0.25, -0.2) is 10.0 Å². The van der Waals surface area contributed by atoms with Gasteiger partial charge in [-0.2, -0.15) is 0 Å². The SMILES string of the molecule is CCON(C)C(=O)c1cnc(-c2cccnc2)s1. The summed E-state index contributed by atoms with van der Waals surface area (Å²) in [6.07, 6.45) is 4.98. The number of hydrogen-bond acceptors (Lipinski definition) is 5. The van der Waals surface area contributed by atoms with Gasteiger partial charge in [-0.1, -0.05) is 0 Å². The molecule has 0 radical (unpaired) electrons. The molecular weight excluding hydrogens is 250 g/mol. The lowest BCUT2D eigenvalue weighted by atomic mass is 10.3. The van der Waals surface area contributed by atoms with E-state index in [1.54, 1.807) is 25.6 Å². The Bertz CT molecular complexity index is 527. The first-order valence-electron chi connectivity index (χ1n) is 5.49. The second kappa shape index (κ2) is 5.70. The van der Waals surface area contributed by atoms with E-state index >= 15 is 0 Å². The van der Waals surface area contributed by atoms with Gasteiger partial charge in [-0.15, -0.1) is 11.3 Å². The quantitative estimate of drug-likeness (QED) is 0.794. The third kappa shape index (κ3) is 2.72. The summed E-state index contributed by atoms with van der Waals surface area (Å²) in [5, 5.41) is 2.00. The highest BCUT2D eigenvalue weighted by molar-refractivity contribution is 7.16. The maximum Gasteiger partial charge on any atom is 0.288 e. The number of aromatic nitrogens is 2. The maximum absolute atomic E-state index is 11.9. The first-order chi connectivity index (χ1) is 8.72. The number of carbonyl (C=O) groups excluding carboxylic acids is 1. The Kier molecular flexibility index (Phi) is 4.01. The van der Waals surface area contributed by atoms with Gasteiger partial charge in [0.15, 0.2) is 0 Å². The van der Waals surface area contributed by atoms with Gasteiger partial charge in [0.05, 0.1) is 12.8 Å². The van der Waals surface area contributed by atoms with Gasteiger partial charge < -0.3 is 0 Å². The van der Waals surface area contributed by atoms with Crippen molar-refractivity contribution in [3.63, 3.8) is 0 Å². The molecule has 0 saturated carbocycles. The Labute approximate surface area is 109 Å². The highest BCUT2D eigenvalue weighted by Crippen LogP contribution is 2.24. The molecule has 2 rings (SSSR count). The first kappa shape index (κ1) is 12.7. The summed E-state index contributed by atoms with van der Waals surface area (Å²) in [7, 11) is 1.59. The summed E-state index contributed by atoms with van der Waals surface area (Å²) in [6.45, 7) is 2.29. The summed E-state index contributed by atoms with van der Waals surface area (Å²) >= 11 is 1.33. The number of nitrogens with zero attached hydrogens (tertiary/aromatic N) is 3. The molecule has 0 aromatic carbocycles. The molecule has 0 spiro atoms. The molecular formula is C12H13N3O2S. The van der Waals surface area contributed by atoms with Gasteiger partial charge in [-0.3, -0.25) is 14.6 Å². The van der Waals surface area contributed by atoms with Crippen LogP contribution in [-0.2, 0) is 4.84 Å². The molecule has 0 saturated heterocycles. The van der Waals surface area contributed by atoms with E-state index in [9.17, 15) is 4.79 Å². The fourth-order valence-electron chi connectivity index (χ4n) is 1.40. The molecule has 0 aliphatic rings. The fourth-order valence-corrected chi connectivity index (χ4v) is 2.28. The largest absolute Gasteiger partial charge is 0.288 e. The summed E-state index contributed by atoms with van der Waals surface area (Å²) in [5.41, 5.74) is 0.903. The van der Waals surface area contributed by atoms with Crippen molar-refractivity contribution in [1.82, 2.24) is 15.0 Å². The Balaban J connectivity index is 2.18. The minimum Gasteiger partial charge on any atom is -0.271 e. The van der Waals surface area contributed by atoms with Crippen molar-refractivity contribution in [2.24, 2.45) is 0 Å². The molecule has 0 unspecified atom stereocenters. The number of amides is 1. The van der Waals surface area contributed by atoms with Crippen molar-refractivity contribution >= 4 is 17.2 Å². The molecule has 6 heteroatoms. The number of carbonyl (C=O) groups is 1. The van der Waals surface area contributed by atoms with Crippen molar-refractivity contribution < 1.29 is 9.63 Å². The molecule has 0 bridgehead atoms. The highest BCUT2D eigenvalue weighted by Gasteiger charge is 2.16. The van der Waals surface area contributed by atoms with Gasteiger partial charge in [0, 0.05) is 25.0 Å². The molecule has 5 nitrogen and oxygen atoms in total. The molecule has 1 amide bonds. The third-order valence-electron chi connectivity index (χ3n) is 2.23. The zero-order valence-corrected chi connectivity index (χ0v) is 11.0. The van der Waals surface area contributed by atoms with Gasteiger partial charge in [0.1, 0.15) is 9.88 Å². The average Bonchev–Trinajstić information content (AvgIpc) is 2.89. The van der Waals surface area contributed by atoms with E-state index in [1.165, 1.54) is 16.4 Å². The van der Waals surface area contributed by atoms with Crippen molar-refractivity contribution in [1.29, 1.82) is 0 Å². The predicted molar refractivity (Wildman–Crippen MR) is 69.1 cm³/mol. The minimum absolute atomic E-state index is 0.190. The Morgan fingerprint density at radius 1 is 1.50 bits per heavy atom. The molecule has 0 atom stereocenters. The van der Waals surface area contributed by atoms with Crippen LogP contribution in [0.5, 0.6) is 0 Å². The third-order valence-corrected chi connectivity index (χ3v) is 3.27. The van der Waals surface area contributed by atoms with E-state index in [-0.39, 0.29) is 5.91 Å². The molecule has 2 aromatic rings. The monoisotopic (exact) mass is 263 g/mol. The number of hydrogen-bond donors (Lipinski definition) is 0. The lowest BCUT2D eigenvalue weighted by Crippen LogP contribution is -2.26. The van der Waals surface area contributed by atoms with Crippen LogP contribution in [0.25, 0.3) is 10.6 Å². The van der Waals surface area contributed by atoms with Gasteiger partial charge in [0.25, 0.3) is 5.91 Å². The lowest BCUT2D eigenvalue weighted by Gasteiger charge is -2.13. The number of thiazole rings is 1. The number of rotatable bonds is 4. The second-order valence-electron chi connectivity index (χ2n) is 3.49. The van der Waals surface area contributed by atoms with Crippen LogP contribution in [0.3, 0.4) is 0 Å². The normalized spacial score (nSPS) is 10.3. The van der Waals surface area contributed by atoms with Crippen LogP contribution in [0, 0.1) is 0 Å². The van der Waals surface area contributed by atoms with E-state index < -0.39 is 0 Å². The topological polar surface area (TPSA) is 55.3 Å². The van der Waals surface area contributed by atoms with Gasteiger partial charge in [-0.05, 0) is 19.1 Å². The zero-order chi connectivity index (χ0) is 13.0. The van der Waals surface area contributed by atoms with Crippen LogP contribution in [0.15, 0.2) is 30.7 Å². The molecule has 0 N–H and O–H groups in total. The van der Waals surface area contributed by atoms with Gasteiger partial charge in [0.2, 0.25) is 0 Å².